The van der Waals surface area contributed by atoms with E-state index in [0.29, 0.717) is 5.82 Å². The summed E-state index contributed by atoms with van der Waals surface area (Å²) < 4.78 is 1.11. The lowest BCUT2D eigenvalue weighted by molar-refractivity contribution is 0.102. The maximum Gasteiger partial charge on any atom is 0.275 e. The van der Waals surface area contributed by atoms with E-state index in [1.807, 2.05) is 24.3 Å². The summed E-state index contributed by atoms with van der Waals surface area (Å²) in [6, 6.07) is 7.53. The predicted molar refractivity (Wildman–Crippen MR) is 78.7 cm³/mol. The number of anilines is 2. The molecule has 1 aromatic carbocycles. The molecule has 0 saturated carbocycles. The van der Waals surface area contributed by atoms with Gasteiger partial charge < -0.3 is 10.6 Å². The molecule has 1 aromatic heterocycles. The van der Waals surface area contributed by atoms with Gasteiger partial charge in [0.15, 0.2) is 0 Å². The van der Waals surface area contributed by atoms with Crippen LogP contribution in [0.25, 0.3) is 0 Å². The van der Waals surface area contributed by atoms with Gasteiger partial charge >= 0.3 is 0 Å². The number of hydrogen-bond donors (Lipinski definition) is 2. The Kier molecular flexibility index (Phi) is 4.08. The molecule has 0 bridgehead atoms. The zero-order chi connectivity index (χ0) is 13.0. The van der Waals surface area contributed by atoms with Gasteiger partial charge in [0.25, 0.3) is 5.91 Å². The number of nitrogens with one attached hydrogen (secondary N) is 2. The van der Waals surface area contributed by atoms with E-state index in [1.54, 1.807) is 13.2 Å². The third-order valence-corrected chi connectivity index (χ3v) is 2.94. The number of benzene rings is 1. The summed E-state index contributed by atoms with van der Waals surface area (Å²) in [6.07, 6.45) is 2.99. The van der Waals surface area contributed by atoms with Crippen LogP contribution in [0.2, 0.25) is 0 Å². The lowest BCUT2D eigenvalue weighted by atomic mass is 10.3. The van der Waals surface area contributed by atoms with Crippen LogP contribution in [-0.2, 0) is 0 Å². The van der Waals surface area contributed by atoms with Crippen molar-refractivity contribution in [3.05, 3.63) is 45.9 Å². The first-order valence-corrected chi connectivity index (χ1v) is 6.33. The Morgan fingerprint density at radius 1 is 1.22 bits per heavy atom. The number of rotatable bonds is 3. The Morgan fingerprint density at radius 3 is 2.61 bits per heavy atom. The van der Waals surface area contributed by atoms with E-state index in [2.05, 4.69) is 43.2 Å². The normalized spacial score (nSPS) is 9.89. The maximum atomic E-state index is 11.9. The summed E-state index contributed by atoms with van der Waals surface area (Å²) in [7, 11) is 1.73. The summed E-state index contributed by atoms with van der Waals surface area (Å²) in [4.78, 5) is 20.0. The minimum atomic E-state index is -0.277. The van der Waals surface area contributed by atoms with E-state index in [1.165, 1.54) is 6.20 Å². The summed E-state index contributed by atoms with van der Waals surface area (Å²) in [6.45, 7) is 0. The van der Waals surface area contributed by atoms with Crippen molar-refractivity contribution in [3.63, 3.8) is 0 Å². The highest BCUT2D eigenvalue weighted by Gasteiger charge is 2.08. The summed E-state index contributed by atoms with van der Waals surface area (Å²) in [5.74, 6) is 0.283. The third kappa shape index (κ3) is 3.16. The number of aromatic nitrogens is 2. The number of carbonyl (C=O) groups excluding carboxylic acids is 1. The van der Waals surface area contributed by atoms with Crippen molar-refractivity contribution in [2.24, 2.45) is 0 Å². The SMILES string of the molecule is CNc1cncc(C(=O)Nc2ccc(I)cc2)n1. The van der Waals surface area contributed by atoms with Gasteiger partial charge in [-0.25, -0.2) is 4.98 Å². The van der Waals surface area contributed by atoms with Gasteiger partial charge in [-0.15, -0.1) is 0 Å². The number of nitrogens with zero attached hydrogens (tertiary/aromatic N) is 2. The second-order valence-electron chi connectivity index (χ2n) is 3.50. The van der Waals surface area contributed by atoms with Gasteiger partial charge in [-0.05, 0) is 46.9 Å². The fraction of sp³-hybridized carbons (Fsp3) is 0.0833. The Morgan fingerprint density at radius 2 is 1.94 bits per heavy atom. The lowest BCUT2D eigenvalue weighted by Crippen LogP contribution is -2.14. The molecular formula is C12H11IN4O. The Bertz CT molecular complexity index is 556. The fourth-order valence-corrected chi connectivity index (χ4v) is 1.68. The highest BCUT2D eigenvalue weighted by atomic mass is 127. The van der Waals surface area contributed by atoms with E-state index in [9.17, 15) is 4.79 Å². The van der Waals surface area contributed by atoms with Gasteiger partial charge in [0.05, 0.1) is 12.4 Å². The molecule has 1 amide bonds. The number of halogens is 1. The van der Waals surface area contributed by atoms with Crippen LogP contribution in [-0.4, -0.2) is 22.9 Å². The van der Waals surface area contributed by atoms with Gasteiger partial charge in [-0.2, -0.15) is 0 Å². The molecule has 2 aromatic rings. The molecule has 0 atom stereocenters. The van der Waals surface area contributed by atoms with E-state index in [-0.39, 0.29) is 11.6 Å². The molecule has 2 N–H and O–H groups in total. The topological polar surface area (TPSA) is 66.9 Å². The van der Waals surface area contributed by atoms with Crippen LogP contribution in [0.4, 0.5) is 11.5 Å². The molecule has 0 saturated heterocycles. The van der Waals surface area contributed by atoms with Crippen LogP contribution < -0.4 is 10.6 Å². The zero-order valence-corrected chi connectivity index (χ0v) is 11.8. The van der Waals surface area contributed by atoms with Crippen molar-refractivity contribution in [2.45, 2.75) is 0 Å². The largest absolute Gasteiger partial charge is 0.372 e. The first kappa shape index (κ1) is 12.7. The Labute approximate surface area is 118 Å². The second-order valence-corrected chi connectivity index (χ2v) is 4.75. The van der Waals surface area contributed by atoms with Crippen LogP contribution >= 0.6 is 22.6 Å². The third-order valence-electron chi connectivity index (χ3n) is 2.23. The molecule has 5 nitrogen and oxygen atoms in total. The molecule has 2 rings (SSSR count). The van der Waals surface area contributed by atoms with Crippen LogP contribution in [0, 0.1) is 3.57 Å². The highest BCUT2D eigenvalue weighted by Crippen LogP contribution is 2.12. The molecule has 92 valence electrons. The average molecular weight is 354 g/mol. The van der Waals surface area contributed by atoms with E-state index in [0.717, 1.165) is 9.26 Å². The first-order valence-electron chi connectivity index (χ1n) is 5.26. The molecule has 0 aliphatic carbocycles. The summed E-state index contributed by atoms with van der Waals surface area (Å²) in [5.41, 5.74) is 1.01. The van der Waals surface area contributed by atoms with Crippen LogP contribution in [0.5, 0.6) is 0 Å². The summed E-state index contributed by atoms with van der Waals surface area (Å²) in [5, 5.41) is 5.60. The van der Waals surface area contributed by atoms with Crippen molar-refractivity contribution in [1.29, 1.82) is 0 Å². The molecule has 0 aliphatic heterocycles. The lowest BCUT2D eigenvalue weighted by Gasteiger charge is -2.05. The Balaban J connectivity index is 2.14. The fourth-order valence-electron chi connectivity index (χ4n) is 1.32. The van der Waals surface area contributed by atoms with Gasteiger partial charge in [-0.1, -0.05) is 0 Å². The van der Waals surface area contributed by atoms with Crippen LogP contribution in [0.1, 0.15) is 10.5 Å². The zero-order valence-electron chi connectivity index (χ0n) is 9.64. The number of hydrogen-bond acceptors (Lipinski definition) is 4. The van der Waals surface area contributed by atoms with Crippen molar-refractivity contribution >= 4 is 40.0 Å². The number of amides is 1. The van der Waals surface area contributed by atoms with Crippen LogP contribution in [0.15, 0.2) is 36.7 Å². The molecule has 0 unspecified atom stereocenters. The van der Waals surface area contributed by atoms with E-state index in [4.69, 9.17) is 0 Å². The predicted octanol–water partition coefficient (Wildman–Crippen LogP) is 2.38. The number of carbonyl (C=O) groups is 1. The molecular weight excluding hydrogens is 343 g/mol. The van der Waals surface area contributed by atoms with Crippen molar-refractivity contribution < 1.29 is 4.79 Å². The molecule has 0 spiro atoms. The molecule has 0 aliphatic rings. The van der Waals surface area contributed by atoms with Gasteiger partial charge in [0.1, 0.15) is 11.5 Å². The molecule has 0 radical (unpaired) electrons. The molecule has 0 fully saturated rings. The van der Waals surface area contributed by atoms with Crippen molar-refractivity contribution in [2.75, 3.05) is 17.7 Å². The maximum absolute atomic E-state index is 11.9. The minimum Gasteiger partial charge on any atom is -0.372 e. The molecule has 18 heavy (non-hydrogen) atoms. The van der Waals surface area contributed by atoms with Gasteiger partial charge in [0.2, 0.25) is 0 Å². The summed E-state index contributed by atoms with van der Waals surface area (Å²) >= 11 is 2.21. The van der Waals surface area contributed by atoms with Crippen molar-refractivity contribution in [1.82, 2.24) is 9.97 Å². The van der Waals surface area contributed by atoms with Gasteiger partial charge in [-0.3, -0.25) is 9.78 Å². The van der Waals surface area contributed by atoms with Gasteiger partial charge in [0, 0.05) is 16.3 Å². The quantitative estimate of drug-likeness (QED) is 0.831. The van der Waals surface area contributed by atoms with Crippen LogP contribution in [0.3, 0.4) is 0 Å². The van der Waals surface area contributed by atoms with E-state index < -0.39 is 0 Å². The monoisotopic (exact) mass is 354 g/mol. The first-order chi connectivity index (χ1) is 8.69. The highest BCUT2D eigenvalue weighted by molar-refractivity contribution is 14.1. The molecule has 6 heteroatoms. The second kappa shape index (κ2) is 5.76. The molecule has 1 heterocycles. The van der Waals surface area contributed by atoms with Crippen molar-refractivity contribution in [3.8, 4) is 0 Å². The smallest absolute Gasteiger partial charge is 0.275 e. The van der Waals surface area contributed by atoms with E-state index >= 15 is 0 Å². The minimum absolute atomic E-state index is 0.277. The standard InChI is InChI=1S/C12H11IN4O/c1-14-11-7-15-6-10(17-11)12(18)16-9-4-2-8(13)3-5-9/h2-7H,1H3,(H,14,17)(H,16,18). The Hall–Kier alpha value is -1.70. The average Bonchev–Trinajstić information content (AvgIpc) is 2.41.